The molecule has 0 N–H and O–H groups in total. The van der Waals surface area contributed by atoms with Crippen LogP contribution in [0.4, 0.5) is 0 Å². The van der Waals surface area contributed by atoms with Gasteiger partial charge in [-0.2, -0.15) is 0 Å². The number of hydrogen-bond acceptors (Lipinski definition) is 2. The normalized spacial score (nSPS) is 35.0. The van der Waals surface area contributed by atoms with Crippen molar-refractivity contribution in [1.29, 1.82) is 0 Å². The molecule has 2 nitrogen and oxygen atoms in total. The first kappa shape index (κ1) is 13.4. The number of hydrogen-bond donors (Lipinski definition) is 0. The van der Waals surface area contributed by atoms with Crippen LogP contribution in [-0.4, -0.2) is 13.1 Å². The molecule has 0 radical (unpaired) electrons. The molecule has 2 heteroatoms. The summed E-state index contributed by atoms with van der Waals surface area (Å²) in [7, 11) is 0. The van der Waals surface area contributed by atoms with E-state index >= 15 is 0 Å². The summed E-state index contributed by atoms with van der Waals surface area (Å²) in [4.78, 5) is 10.1. The highest BCUT2D eigenvalue weighted by Gasteiger charge is 2.49. The average molecular weight is 248 g/mol. The van der Waals surface area contributed by atoms with Crippen LogP contribution < -0.4 is 0 Å². The fourth-order valence-electron chi connectivity index (χ4n) is 3.81. The van der Waals surface area contributed by atoms with E-state index in [9.17, 15) is 4.79 Å². The smallest absolute Gasteiger partial charge is 0.293 e. The van der Waals surface area contributed by atoms with Crippen LogP contribution in [0.3, 0.4) is 0 Å². The Bertz CT molecular complexity index is 369. The zero-order valence-corrected chi connectivity index (χ0v) is 11.6. The summed E-state index contributed by atoms with van der Waals surface area (Å²) in [6, 6.07) is 0. The van der Waals surface area contributed by atoms with Crippen molar-refractivity contribution in [2.24, 2.45) is 17.3 Å². The third-order valence-electron chi connectivity index (χ3n) is 5.10. The molecule has 3 atom stereocenters. The van der Waals surface area contributed by atoms with Crippen LogP contribution in [0.25, 0.3) is 0 Å². The first-order valence-corrected chi connectivity index (χ1v) is 6.98. The molecule has 2 bridgehead atoms. The average Bonchev–Trinajstić information content (AvgIpc) is 2.91. The molecule has 0 spiro atoms. The second-order valence-corrected chi connectivity index (χ2v) is 6.15. The Morgan fingerprint density at radius 3 is 2.94 bits per heavy atom. The zero-order chi connectivity index (χ0) is 13.2. The summed E-state index contributed by atoms with van der Waals surface area (Å²) in [5, 5.41) is 0. The minimum atomic E-state index is 0.352. The Morgan fingerprint density at radius 2 is 2.33 bits per heavy atom. The highest BCUT2D eigenvalue weighted by Crippen LogP contribution is 2.60. The first-order chi connectivity index (χ1) is 8.58. The van der Waals surface area contributed by atoms with Crippen molar-refractivity contribution >= 4 is 6.47 Å². The van der Waals surface area contributed by atoms with Gasteiger partial charge in [0, 0.05) is 0 Å². The summed E-state index contributed by atoms with van der Waals surface area (Å²) < 4.78 is 4.75. The Balaban J connectivity index is 1.86. The first-order valence-electron chi connectivity index (χ1n) is 6.98. The lowest BCUT2D eigenvalue weighted by Crippen LogP contribution is -2.26. The number of allylic oxidation sites excluding steroid dienone is 2. The van der Waals surface area contributed by atoms with Crippen molar-refractivity contribution in [2.75, 3.05) is 6.61 Å². The monoisotopic (exact) mass is 248 g/mol. The molecule has 0 amide bonds. The van der Waals surface area contributed by atoms with Gasteiger partial charge >= 0.3 is 0 Å². The van der Waals surface area contributed by atoms with E-state index < -0.39 is 0 Å². The molecular weight excluding hydrogens is 224 g/mol. The Hall–Kier alpha value is -1.05. The standard InChI is InChI=1S/C16H24O2/c1-12(10-18-11-17)5-4-8-16(3)13(2)14-6-7-15(16)9-14/h5,11,14-15H,2,4,6-10H2,1,3H3/b12-5-. The minimum absolute atomic E-state index is 0.352. The molecule has 2 saturated carbocycles. The van der Waals surface area contributed by atoms with E-state index in [1.165, 1.54) is 31.3 Å². The highest BCUT2D eigenvalue weighted by atomic mass is 16.5. The number of ether oxygens (including phenoxy) is 1. The fraction of sp³-hybridized carbons (Fsp3) is 0.688. The third kappa shape index (κ3) is 2.38. The SMILES string of the molecule is C=C1C2CCC(C2)C1(C)CC/C=C(/C)COC=O. The van der Waals surface area contributed by atoms with Gasteiger partial charge in [0.25, 0.3) is 6.47 Å². The number of carbonyl (C=O) groups is 1. The van der Waals surface area contributed by atoms with Crippen LogP contribution in [0.5, 0.6) is 0 Å². The lowest BCUT2D eigenvalue weighted by Gasteiger charge is -2.36. The minimum Gasteiger partial charge on any atom is -0.463 e. The molecule has 2 rings (SSSR count). The van der Waals surface area contributed by atoms with Gasteiger partial charge < -0.3 is 4.74 Å². The van der Waals surface area contributed by atoms with Gasteiger partial charge in [-0.3, -0.25) is 4.79 Å². The summed E-state index contributed by atoms with van der Waals surface area (Å²) in [5.74, 6) is 1.65. The van der Waals surface area contributed by atoms with E-state index in [0.29, 0.717) is 18.5 Å². The molecule has 2 aliphatic carbocycles. The quantitative estimate of drug-likeness (QED) is 0.526. The van der Waals surface area contributed by atoms with Crippen molar-refractivity contribution in [2.45, 2.75) is 46.0 Å². The second-order valence-electron chi connectivity index (χ2n) is 6.15. The van der Waals surface area contributed by atoms with Crippen LogP contribution >= 0.6 is 0 Å². The molecule has 0 aromatic heterocycles. The van der Waals surface area contributed by atoms with Crippen LogP contribution in [0.1, 0.15) is 46.0 Å². The van der Waals surface area contributed by atoms with Crippen LogP contribution in [0, 0.1) is 17.3 Å². The van der Waals surface area contributed by atoms with Crippen LogP contribution in [0.2, 0.25) is 0 Å². The molecule has 0 aliphatic heterocycles. The lowest BCUT2D eigenvalue weighted by atomic mass is 9.69. The fourth-order valence-corrected chi connectivity index (χ4v) is 3.81. The molecule has 0 saturated heterocycles. The van der Waals surface area contributed by atoms with Crippen molar-refractivity contribution in [3.8, 4) is 0 Å². The van der Waals surface area contributed by atoms with Crippen molar-refractivity contribution in [3.63, 3.8) is 0 Å². The van der Waals surface area contributed by atoms with E-state index in [-0.39, 0.29) is 0 Å². The van der Waals surface area contributed by atoms with Gasteiger partial charge in [-0.05, 0) is 61.9 Å². The summed E-state index contributed by atoms with van der Waals surface area (Å²) >= 11 is 0. The number of rotatable bonds is 6. The van der Waals surface area contributed by atoms with E-state index in [0.717, 1.165) is 23.8 Å². The number of carbonyl (C=O) groups excluding carboxylic acids is 1. The zero-order valence-electron chi connectivity index (χ0n) is 11.6. The maximum Gasteiger partial charge on any atom is 0.293 e. The van der Waals surface area contributed by atoms with E-state index in [1.807, 2.05) is 6.92 Å². The Labute approximate surface area is 110 Å². The van der Waals surface area contributed by atoms with E-state index in [2.05, 4.69) is 19.6 Å². The molecule has 3 unspecified atom stereocenters. The van der Waals surface area contributed by atoms with Gasteiger partial charge in [0.2, 0.25) is 0 Å². The molecule has 0 aromatic carbocycles. The number of fused-ring (bicyclic) bond motifs is 2. The predicted molar refractivity (Wildman–Crippen MR) is 73.1 cm³/mol. The molecule has 0 heterocycles. The van der Waals surface area contributed by atoms with E-state index in [1.54, 1.807) is 0 Å². The molecule has 2 aliphatic rings. The molecular formula is C16H24O2. The van der Waals surface area contributed by atoms with Crippen LogP contribution in [0.15, 0.2) is 23.8 Å². The predicted octanol–water partition coefficient (Wildman–Crippen LogP) is 3.88. The summed E-state index contributed by atoms with van der Waals surface area (Å²) in [6.45, 7) is 9.69. The summed E-state index contributed by atoms with van der Waals surface area (Å²) in [6.07, 6.45) is 8.57. The molecule has 2 fully saturated rings. The third-order valence-corrected chi connectivity index (χ3v) is 5.10. The van der Waals surface area contributed by atoms with Gasteiger partial charge in [0.1, 0.15) is 6.61 Å². The van der Waals surface area contributed by atoms with Gasteiger partial charge in [-0.15, -0.1) is 0 Å². The Morgan fingerprint density at radius 1 is 1.56 bits per heavy atom. The maximum atomic E-state index is 10.1. The van der Waals surface area contributed by atoms with Gasteiger partial charge in [0.15, 0.2) is 0 Å². The van der Waals surface area contributed by atoms with Crippen molar-refractivity contribution < 1.29 is 9.53 Å². The molecule has 100 valence electrons. The lowest BCUT2D eigenvalue weighted by molar-refractivity contribution is -0.127. The molecule has 18 heavy (non-hydrogen) atoms. The van der Waals surface area contributed by atoms with E-state index in [4.69, 9.17) is 4.74 Å². The second kappa shape index (κ2) is 5.29. The van der Waals surface area contributed by atoms with Crippen molar-refractivity contribution in [1.82, 2.24) is 0 Å². The van der Waals surface area contributed by atoms with Gasteiger partial charge in [-0.1, -0.05) is 25.2 Å². The van der Waals surface area contributed by atoms with Gasteiger partial charge in [-0.25, -0.2) is 0 Å². The topological polar surface area (TPSA) is 26.3 Å². The summed E-state index contributed by atoms with van der Waals surface area (Å²) in [5.41, 5.74) is 2.99. The largest absolute Gasteiger partial charge is 0.463 e. The highest BCUT2D eigenvalue weighted by molar-refractivity contribution is 5.37. The molecule has 0 aromatic rings. The van der Waals surface area contributed by atoms with Crippen LogP contribution in [-0.2, 0) is 9.53 Å². The Kier molecular flexibility index (Phi) is 3.94. The van der Waals surface area contributed by atoms with Gasteiger partial charge in [0.05, 0.1) is 0 Å². The van der Waals surface area contributed by atoms with Crippen molar-refractivity contribution in [3.05, 3.63) is 23.8 Å². The maximum absolute atomic E-state index is 10.1.